The fraction of sp³-hybridized carbons (Fsp3) is 0.643. The summed E-state index contributed by atoms with van der Waals surface area (Å²) in [6.45, 7) is 1.14. The zero-order valence-electron chi connectivity index (χ0n) is 9.99. The Morgan fingerprint density at radius 1 is 1.19 bits per heavy atom. The van der Waals surface area contributed by atoms with E-state index in [1.165, 1.54) is 44.2 Å². The summed E-state index contributed by atoms with van der Waals surface area (Å²) in [4.78, 5) is 4.34. The van der Waals surface area contributed by atoms with Gasteiger partial charge in [0, 0.05) is 17.9 Å². The van der Waals surface area contributed by atoms with Gasteiger partial charge in [0.25, 0.3) is 0 Å². The lowest BCUT2D eigenvalue weighted by molar-refractivity contribution is 0.372. The van der Waals surface area contributed by atoms with Gasteiger partial charge in [0.1, 0.15) is 0 Å². The van der Waals surface area contributed by atoms with Gasteiger partial charge >= 0.3 is 0 Å². The second-order valence-electron chi connectivity index (χ2n) is 4.71. The minimum absolute atomic E-state index is 0.789. The van der Waals surface area contributed by atoms with Crippen LogP contribution in [0.25, 0.3) is 0 Å². The van der Waals surface area contributed by atoms with Crippen LogP contribution < -0.4 is 5.32 Å². The molecule has 2 nitrogen and oxygen atoms in total. The Labute approximate surface area is 98.5 Å². The van der Waals surface area contributed by atoms with Gasteiger partial charge in [-0.25, -0.2) is 0 Å². The van der Waals surface area contributed by atoms with Crippen molar-refractivity contribution in [2.24, 2.45) is 0 Å². The first-order chi connectivity index (χ1) is 7.95. The van der Waals surface area contributed by atoms with Crippen LogP contribution in [-0.4, -0.2) is 17.6 Å². The molecular weight excluding hydrogens is 196 g/mol. The molecule has 0 aliphatic heterocycles. The zero-order chi connectivity index (χ0) is 11.1. The Bertz CT molecular complexity index is 278. The van der Waals surface area contributed by atoms with Crippen LogP contribution in [-0.2, 0) is 6.42 Å². The second-order valence-corrected chi connectivity index (χ2v) is 4.71. The third kappa shape index (κ3) is 3.93. The number of pyridine rings is 1. The van der Waals surface area contributed by atoms with E-state index in [0.717, 1.165) is 19.0 Å². The summed E-state index contributed by atoms with van der Waals surface area (Å²) < 4.78 is 0. The number of aryl methyl sites for hydroxylation is 1. The van der Waals surface area contributed by atoms with E-state index < -0.39 is 0 Å². The van der Waals surface area contributed by atoms with E-state index in [9.17, 15) is 0 Å². The van der Waals surface area contributed by atoms with Gasteiger partial charge in [0.15, 0.2) is 0 Å². The molecule has 1 saturated carbocycles. The number of aromatic nitrogens is 1. The Kier molecular flexibility index (Phi) is 4.81. The van der Waals surface area contributed by atoms with E-state index in [1.54, 1.807) is 0 Å². The van der Waals surface area contributed by atoms with Gasteiger partial charge in [-0.15, -0.1) is 0 Å². The van der Waals surface area contributed by atoms with Gasteiger partial charge in [0.05, 0.1) is 0 Å². The fourth-order valence-electron chi connectivity index (χ4n) is 2.43. The van der Waals surface area contributed by atoms with E-state index in [1.807, 2.05) is 12.3 Å². The molecule has 88 valence electrons. The highest BCUT2D eigenvalue weighted by atomic mass is 14.9. The third-order valence-corrected chi connectivity index (χ3v) is 3.37. The van der Waals surface area contributed by atoms with Crippen molar-refractivity contribution in [2.45, 2.75) is 51.0 Å². The van der Waals surface area contributed by atoms with Crippen LogP contribution in [0.1, 0.15) is 44.2 Å². The van der Waals surface area contributed by atoms with Gasteiger partial charge in [-0.1, -0.05) is 25.3 Å². The van der Waals surface area contributed by atoms with E-state index in [0.29, 0.717) is 0 Å². The summed E-state index contributed by atoms with van der Waals surface area (Å²) in [5.41, 5.74) is 1.22. The van der Waals surface area contributed by atoms with Gasteiger partial charge < -0.3 is 5.32 Å². The van der Waals surface area contributed by atoms with Crippen molar-refractivity contribution in [2.75, 3.05) is 6.54 Å². The lowest BCUT2D eigenvalue weighted by Gasteiger charge is -2.22. The number of nitrogens with zero attached hydrogens (tertiary/aromatic N) is 1. The molecule has 0 unspecified atom stereocenters. The van der Waals surface area contributed by atoms with E-state index in [4.69, 9.17) is 0 Å². The van der Waals surface area contributed by atoms with Crippen LogP contribution in [0.3, 0.4) is 0 Å². The molecule has 0 aromatic carbocycles. The van der Waals surface area contributed by atoms with E-state index in [2.05, 4.69) is 22.4 Å². The predicted octanol–water partition coefficient (Wildman–Crippen LogP) is 2.94. The van der Waals surface area contributed by atoms with Crippen LogP contribution in [0.2, 0.25) is 0 Å². The van der Waals surface area contributed by atoms with Crippen LogP contribution in [0, 0.1) is 0 Å². The summed E-state index contributed by atoms with van der Waals surface area (Å²) in [6, 6.07) is 6.94. The van der Waals surface area contributed by atoms with Gasteiger partial charge in [-0.2, -0.15) is 0 Å². The Morgan fingerprint density at radius 2 is 2.06 bits per heavy atom. The smallest absolute Gasteiger partial charge is 0.0404 e. The van der Waals surface area contributed by atoms with Crippen molar-refractivity contribution in [3.8, 4) is 0 Å². The monoisotopic (exact) mass is 218 g/mol. The highest BCUT2D eigenvalue weighted by molar-refractivity contribution is 5.03. The maximum Gasteiger partial charge on any atom is 0.0404 e. The average molecular weight is 218 g/mol. The minimum Gasteiger partial charge on any atom is -0.314 e. The predicted molar refractivity (Wildman–Crippen MR) is 67.4 cm³/mol. The first-order valence-electron chi connectivity index (χ1n) is 6.58. The van der Waals surface area contributed by atoms with Crippen molar-refractivity contribution in [1.82, 2.24) is 10.3 Å². The van der Waals surface area contributed by atoms with Crippen LogP contribution in [0.5, 0.6) is 0 Å². The number of rotatable bonds is 5. The summed E-state index contributed by atoms with van der Waals surface area (Å²) in [5.74, 6) is 0. The molecule has 2 rings (SSSR count). The molecule has 0 saturated heterocycles. The van der Waals surface area contributed by atoms with E-state index >= 15 is 0 Å². The van der Waals surface area contributed by atoms with Crippen LogP contribution in [0.15, 0.2) is 24.4 Å². The molecule has 1 N–H and O–H groups in total. The van der Waals surface area contributed by atoms with Gasteiger partial charge in [-0.3, -0.25) is 4.98 Å². The summed E-state index contributed by atoms with van der Waals surface area (Å²) in [7, 11) is 0. The lowest BCUT2D eigenvalue weighted by Crippen LogP contribution is -2.31. The van der Waals surface area contributed by atoms with Crippen molar-refractivity contribution >= 4 is 0 Å². The van der Waals surface area contributed by atoms with Crippen LogP contribution >= 0.6 is 0 Å². The molecule has 1 aliphatic rings. The molecule has 0 bridgehead atoms. The zero-order valence-corrected chi connectivity index (χ0v) is 9.99. The maximum absolute atomic E-state index is 4.34. The highest BCUT2D eigenvalue weighted by Gasteiger charge is 2.11. The molecule has 1 fully saturated rings. The quantitative estimate of drug-likeness (QED) is 0.769. The topological polar surface area (TPSA) is 24.9 Å². The third-order valence-electron chi connectivity index (χ3n) is 3.37. The first kappa shape index (κ1) is 11.6. The van der Waals surface area contributed by atoms with Crippen LogP contribution in [0.4, 0.5) is 0 Å². The largest absolute Gasteiger partial charge is 0.314 e. The Balaban J connectivity index is 1.58. The molecule has 1 heterocycles. The number of hydrogen-bond donors (Lipinski definition) is 1. The van der Waals surface area contributed by atoms with Gasteiger partial charge in [-0.05, 0) is 44.4 Å². The molecule has 1 aliphatic carbocycles. The van der Waals surface area contributed by atoms with Crippen molar-refractivity contribution < 1.29 is 0 Å². The summed E-state index contributed by atoms with van der Waals surface area (Å²) in [5, 5.41) is 3.66. The van der Waals surface area contributed by atoms with E-state index in [-0.39, 0.29) is 0 Å². The maximum atomic E-state index is 4.34. The number of nitrogens with one attached hydrogen (secondary N) is 1. The molecular formula is C14H22N2. The summed E-state index contributed by atoms with van der Waals surface area (Å²) in [6.07, 6.45) is 11.2. The Hall–Kier alpha value is -0.890. The average Bonchev–Trinajstić information content (AvgIpc) is 2.37. The minimum atomic E-state index is 0.789. The Morgan fingerprint density at radius 3 is 2.81 bits per heavy atom. The molecule has 1 aromatic heterocycles. The van der Waals surface area contributed by atoms with Gasteiger partial charge in [0.2, 0.25) is 0 Å². The first-order valence-corrected chi connectivity index (χ1v) is 6.58. The van der Waals surface area contributed by atoms with Crippen molar-refractivity contribution in [3.63, 3.8) is 0 Å². The molecule has 0 atom stereocenters. The molecule has 1 aromatic rings. The highest BCUT2D eigenvalue weighted by Crippen LogP contribution is 2.17. The lowest BCUT2D eigenvalue weighted by atomic mass is 9.95. The summed E-state index contributed by atoms with van der Waals surface area (Å²) >= 11 is 0. The van der Waals surface area contributed by atoms with Crippen molar-refractivity contribution in [1.29, 1.82) is 0 Å². The molecule has 0 spiro atoms. The molecule has 0 amide bonds. The fourth-order valence-corrected chi connectivity index (χ4v) is 2.43. The SMILES string of the molecule is c1ccc(CCCNC2CCCCC2)nc1. The number of hydrogen-bond acceptors (Lipinski definition) is 2. The normalized spacial score (nSPS) is 17.5. The molecule has 0 radical (unpaired) electrons. The standard InChI is InChI=1S/C14H22N2/c1-2-7-13(8-3-1)16-12-6-10-14-9-4-5-11-15-14/h4-5,9,11,13,16H,1-3,6-8,10,12H2. The molecule has 2 heteroatoms. The second kappa shape index (κ2) is 6.64. The molecule has 16 heavy (non-hydrogen) atoms. The van der Waals surface area contributed by atoms with Crippen molar-refractivity contribution in [3.05, 3.63) is 30.1 Å².